The Morgan fingerprint density at radius 3 is 2.62 bits per heavy atom. The van der Waals surface area contributed by atoms with Crippen LogP contribution in [-0.2, 0) is 22.6 Å². The van der Waals surface area contributed by atoms with E-state index in [0.29, 0.717) is 16.8 Å². The van der Waals surface area contributed by atoms with E-state index < -0.39 is 11.8 Å². The number of carbonyl (C=O) groups excluding carboxylic acids is 1. The Hall–Kier alpha value is -2.93. The van der Waals surface area contributed by atoms with E-state index in [4.69, 9.17) is 14.6 Å². The van der Waals surface area contributed by atoms with Crippen molar-refractivity contribution in [2.45, 2.75) is 19.4 Å². The number of carbonyl (C=O) groups is 2. The molecule has 138 valence electrons. The van der Waals surface area contributed by atoms with Crippen LogP contribution in [0, 0.1) is 5.82 Å². The fourth-order valence-electron chi connectivity index (χ4n) is 2.52. The van der Waals surface area contributed by atoms with Crippen molar-refractivity contribution < 1.29 is 28.6 Å². The molecule has 2 N–H and O–H groups in total. The van der Waals surface area contributed by atoms with E-state index in [1.54, 1.807) is 18.2 Å². The first-order valence-electron chi connectivity index (χ1n) is 7.92. The molecule has 0 aliphatic heterocycles. The number of amides is 1. The van der Waals surface area contributed by atoms with Gasteiger partial charge in [-0.25, -0.2) is 9.18 Å². The molecule has 7 heteroatoms. The number of aryl methyl sites for hydroxylation is 1. The number of aromatic carboxylic acids is 1. The van der Waals surface area contributed by atoms with Gasteiger partial charge in [-0.15, -0.1) is 0 Å². The van der Waals surface area contributed by atoms with Gasteiger partial charge < -0.3 is 19.9 Å². The van der Waals surface area contributed by atoms with Gasteiger partial charge in [0.2, 0.25) is 5.91 Å². The molecule has 1 amide bonds. The first-order chi connectivity index (χ1) is 12.4. The molecule has 0 bridgehead atoms. The van der Waals surface area contributed by atoms with E-state index in [0.717, 1.165) is 0 Å². The quantitative estimate of drug-likeness (QED) is 0.754. The molecule has 0 spiro atoms. The summed E-state index contributed by atoms with van der Waals surface area (Å²) in [6, 6.07) is 9.24. The molecule has 26 heavy (non-hydrogen) atoms. The zero-order chi connectivity index (χ0) is 19.1. The van der Waals surface area contributed by atoms with Crippen LogP contribution < -0.4 is 10.1 Å². The van der Waals surface area contributed by atoms with Crippen LogP contribution in [0.3, 0.4) is 0 Å². The third-order valence-corrected chi connectivity index (χ3v) is 3.72. The van der Waals surface area contributed by atoms with Gasteiger partial charge in [-0.1, -0.05) is 12.1 Å². The zero-order valence-electron chi connectivity index (χ0n) is 14.5. The number of methoxy groups -OCH3 is 2. The smallest absolute Gasteiger partial charge is 0.335 e. The van der Waals surface area contributed by atoms with Crippen molar-refractivity contribution >= 4 is 17.6 Å². The second kappa shape index (κ2) is 8.96. The van der Waals surface area contributed by atoms with Crippen LogP contribution in [0.25, 0.3) is 0 Å². The summed E-state index contributed by atoms with van der Waals surface area (Å²) in [6.07, 6.45) is 0.236. The summed E-state index contributed by atoms with van der Waals surface area (Å²) in [5.41, 5.74) is 1.40. The maximum Gasteiger partial charge on any atom is 0.335 e. The summed E-state index contributed by atoms with van der Waals surface area (Å²) in [6.45, 7) is 0.221. The van der Waals surface area contributed by atoms with Crippen LogP contribution in [0.5, 0.6) is 5.75 Å². The molecule has 2 aromatic carbocycles. The Morgan fingerprint density at radius 2 is 1.96 bits per heavy atom. The first kappa shape index (κ1) is 19.4. The van der Waals surface area contributed by atoms with Gasteiger partial charge in [0.1, 0.15) is 0 Å². The number of carboxylic acids is 1. The zero-order valence-corrected chi connectivity index (χ0v) is 14.5. The number of ether oxygens (including phenoxy) is 2. The molecule has 0 atom stereocenters. The van der Waals surface area contributed by atoms with Crippen molar-refractivity contribution in [3.63, 3.8) is 0 Å². The predicted octanol–water partition coefficient (Wildman–Crippen LogP) is 3.25. The molecule has 0 aliphatic carbocycles. The fourth-order valence-corrected chi connectivity index (χ4v) is 2.52. The van der Waals surface area contributed by atoms with Crippen LogP contribution in [0.2, 0.25) is 0 Å². The third kappa shape index (κ3) is 5.03. The summed E-state index contributed by atoms with van der Waals surface area (Å²) in [4.78, 5) is 23.4. The van der Waals surface area contributed by atoms with Gasteiger partial charge in [-0.05, 0) is 41.8 Å². The second-order valence-electron chi connectivity index (χ2n) is 5.64. The van der Waals surface area contributed by atoms with E-state index in [9.17, 15) is 14.0 Å². The Balaban J connectivity index is 2.07. The molecule has 2 rings (SSSR count). The SMILES string of the molecule is COCc1cc(NC(=O)CCc2cccc(OC)c2F)cc(C(=O)O)c1. The van der Waals surface area contributed by atoms with Crippen molar-refractivity contribution in [3.8, 4) is 5.75 Å². The van der Waals surface area contributed by atoms with Crippen molar-refractivity contribution in [1.29, 1.82) is 0 Å². The summed E-state index contributed by atoms with van der Waals surface area (Å²) < 4.78 is 24.0. The van der Waals surface area contributed by atoms with Crippen LogP contribution in [0.1, 0.15) is 27.9 Å². The standard InChI is InChI=1S/C19H20FNO5/c1-25-11-12-8-14(19(23)24)10-15(9-12)21-17(22)7-6-13-4-3-5-16(26-2)18(13)20/h3-5,8-10H,6-7,11H2,1-2H3,(H,21,22)(H,23,24). The lowest BCUT2D eigenvalue weighted by molar-refractivity contribution is -0.116. The number of benzene rings is 2. The molecular formula is C19H20FNO5. The van der Waals surface area contributed by atoms with Crippen LogP contribution in [0.15, 0.2) is 36.4 Å². The van der Waals surface area contributed by atoms with Gasteiger partial charge in [0.05, 0.1) is 19.3 Å². The summed E-state index contributed by atoms with van der Waals surface area (Å²) in [5.74, 6) is -1.81. The molecule has 0 heterocycles. The topological polar surface area (TPSA) is 84.9 Å². The summed E-state index contributed by atoms with van der Waals surface area (Å²) >= 11 is 0. The molecule has 0 radical (unpaired) electrons. The first-order valence-corrected chi connectivity index (χ1v) is 7.92. The van der Waals surface area contributed by atoms with E-state index in [2.05, 4.69) is 5.32 Å². The normalized spacial score (nSPS) is 10.4. The molecule has 0 saturated carbocycles. The Kier molecular flexibility index (Phi) is 6.68. The molecule has 2 aromatic rings. The van der Waals surface area contributed by atoms with Gasteiger partial charge in [0, 0.05) is 19.2 Å². The Morgan fingerprint density at radius 1 is 1.19 bits per heavy atom. The highest BCUT2D eigenvalue weighted by Gasteiger charge is 2.12. The average molecular weight is 361 g/mol. The van der Waals surface area contributed by atoms with Gasteiger partial charge in [0.25, 0.3) is 0 Å². The molecule has 0 unspecified atom stereocenters. The monoisotopic (exact) mass is 361 g/mol. The molecular weight excluding hydrogens is 341 g/mol. The predicted molar refractivity (Wildman–Crippen MR) is 94.0 cm³/mol. The van der Waals surface area contributed by atoms with Gasteiger partial charge in [-0.3, -0.25) is 4.79 Å². The number of carboxylic acid groups (broad SMARTS) is 1. The number of halogens is 1. The number of rotatable bonds is 8. The van der Waals surface area contributed by atoms with E-state index >= 15 is 0 Å². The average Bonchev–Trinajstić information content (AvgIpc) is 2.61. The summed E-state index contributed by atoms with van der Waals surface area (Å²) in [7, 11) is 2.87. The maximum atomic E-state index is 14.1. The highest BCUT2D eigenvalue weighted by molar-refractivity contribution is 5.94. The second-order valence-corrected chi connectivity index (χ2v) is 5.64. The minimum absolute atomic E-state index is 0.0427. The lowest BCUT2D eigenvalue weighted by atomic mass is 10.1. The molecule has 0 saturated heterocycles. The number of nitrogens with one attached hydrogen (secondary N) is 1. The number of hydrogen-bond acceptors (Lipinski definition) is 4. The van der Waals surface area contributed by atoms with Crippen molar-refractivity contribution in [2.24, 2.45) is 0 Å². The fraction of sp³-hybridized carbons (Fsp3) is 0.263. The highest BCUT2D eigenvalue weighted by atomic mass is 19.1. The number of anilines is 1. The maximum absolute atomic E-state index is 14.1. The minimum atomic E-state index is -1.10. The van der Waals surface area contributed by atoms with Gasteiger partial charge in [-0.2, -0.15) is 0 Å². The third-order valence-electron chi connectivity index (χ3n) is 3.72. The molecule has 0 fully saturated rings. The van der Waals surface area contributed by atoms with Crippen molar-refractivity contribution in [1.82, 2.24) is 0 Å². The lowest BCUT2D eigenvalue weighted by Crippen LogP contribution is -2.14. The highest BCUT2D eigenvalue weighted by Crippen LogP contribution is 2.21. The Bertz CT molecular complexity index is 807. The van der Waals surface area contributed by atoms with E-state index in [1.165, 1.54) is 32.4 Å². The Labute approximate surface area is 150 Å². The number of hydrogen-bond donors (Lipinski definition) is 2. The molecule has 6 nitrogen and oxygen atoms in total. The van der Waals surface area contributed by atoms with Crippen molar-refractivity contribution in [2.75, 3.05) is 19.5 Å². The van der Waals surface area contributed by atoms with Crippen molar-refractivity contribution in [3.05, 3.63) is 58.9 Å². The van der Waals surface area contributed by atoms with Crippen LogP contribution >= 0.6 is 0 Å². The van der Waals surface area contributed by atoms with Gasteiger partial charge in [0.15, 0.2) is 11.6 Å². The summed E-state index contributed by atoms with van der Waals surface area (Å²) in [5, 5.41) is 11.8. The molecule has 0 aromatic heterocycles. The van der Waals surface area contributed by atoms with Crippen LogP contribution in [-0.4, -0.2) is 31.2 Å². The molecule has 0 aliphatic rings. The minimum Gasteiger partial charge on any atom is -0.494 e. The van der Waals surface area contributed by atoms with Gasteiger partial charge >= 0.3 is 5.97 Å². The van der Waals surface area contributed by atoms with E-state index in [1.807, 2.05) is 0 Å². The largest absolute Gasteiger partial charge is 0.494 e. The lowest BCUT2D eigenvalue weighted by Gasteiger charge is -2.10. The van der Waals surface area contributed by atoms with Crippen LogP contribution in [0.4, 0.5) is 10.1 Å². The van der Waals surface area contributed by atoms with E-state index in [-0.39, 0.29) is 36.7 Å².